The average Bonchev–Trinajstić information content (AvgIpc) is 3.11. The Balaban J connectivity index is 1.59. The van der Waals surface area contributed by atoms with Gasteiger partial charge in [-0.05, 0) is 43.7 Å². The number of hydrogen-bond donors (Lipinski definition) is 1. The van der Waals surface area contributed by atoms with Crippen molar-refractivity contribution in [2.75, 3.05) is 45.3 Å². The van der Waals surface area contributed by atoms with Crippen molar-refractivity contribution in [1.82, 2.24) is 9.88 Å². The van der Waals surface area contributed by atoms with E-state index >= 15 is 0 Å². The van der Waals surface area contributed by atoms with Crippen LogP contribution in [0.3, 0.4) is 0 Å². The van der Waals surface area contributed by atoms with E-state index in [1.807, 2.05) is 24.3 Å². The van der Waals surface area contributed by atoms with Gasteiger partial charge in [-0.25, -0.2) is 4.98 Å². The van der Waals surface area contributed by atoms with E-state index < -0.39 is 0 Å². The topological polar surface area (TPSA) is 63.7 Å². The number of ether oxygens (including phenoxy) is 2. The van der Waals surface area contributed by atoms with Crippen LogP contribution in [0.15, 0.2) is 24.3 Å². The maximum Gasteiger partial charge on any atom is 0.226 e. The summed E-state index contributed by atoms with van der Waals surface area (Å²) in [6.07, 6.45) is 3.35. The Morgan fingerprint density at radius 3 is 2.71 bits per heavy atom. The highest BCUT2D eigenvalue weighted by molar-refractivity contribution is 7.16. The number of nitrogens with one attached hydrogen (secondary N) is 1. The van der Waals surface area contributed by atoms with Crippen LogP contribution in [0.4, 0.5) is 5.13 Å². The first-order chi connectivity index (χ1) is 13.7. The van der Waals surface area contributed by atoms with Crippen molar-refractivity contribution in [3.63, 3.8) is 0 Å². The molecule has 28 heavy (non-hydrogen) atoms. The standard InChI is InChI=1S/C21H29N3O3S/c1-3-5-18-20(16-7-9-17(26-2)10-8-16)23-21(28-18)22-19(25)6-4-11-24-12-14-27-15-13-24/h7-10H,3-6,11-15H2,1-2H3,(H,22,23,25). The number of carbonyl (C=O) groups is 1. The minimum absolute atomic E-state index is 0.0336. The van der Waals surface area contributed by atoms with Gasteiger partial charge in [0.05, 0.1) is 26.0 Å². The molecule has 1 amide bonds. The molecule has 1 aliphatic heterocycles. The number of aryl methyl sites for hydroxylation is 1. The second-order valence-electron chi connectivity index (χ2n) is 6.88. The lowest BCUT2D eigenvalue weighted by Gasteiger charge is -2.26. The van der Waals surface area contributed by atoms with Gasteiger partial charge in [0.1, 0.15) is 5.75 Å². The third-order valence-corrected chi connectivity index (χ3v) is 5.80. The van der Waals surface area contributed by atoms with E-state index in [1.54, 1.807) is 18.4 Å². The van der Waals surface area contributed by atoms with Crippen molar-refractivity contribution in [2.45, 2.75) is 32.6 Å². The minimum atomic E-state index is 0.0336. The maximum absolute atomic E-state index is 12.3. The van der Waals surface area contributed by atoms with Gasteiger partial charge in [-0.2, -0.15) is 0 Å². The zero-order valence-corrected chi connectivity index (χ0v) is 17.5. The van der Waals surface area contributed by atoms with E-state index in [9.17, 15) is 4.79 Å². The molecule has 0 spiro atoms. The summed E-state index contributed by atoms with van der Waals surface area (Å²) >= 11 is 1.58. The fourth-order valence-electron chi connectivity index (χ4n) is 3.25. The van der Waals surface area contributed by atoms with Gasteiger partial charge in [0.25, 0.3) is 0 Å². The van der Waals surface area contributed by atoms with Crippen LogP contribution in [0.25, 0.3) is 11.3 Å². The van der Waals surface area contributed by atoms with Crippen LogP contribution >= 0.6 is 11.3 Å². The number of carbonyl (C=O) groups excluding carboxylic acids is 1. The maximum atomic E-state index is 12.3. The number of aromatic nitrogens is 1. The Kier molecular flexibility index (Phi) is 7.82. The van der Waals surface area contributed by atoms with Gasteiger partial charge in [-0.1, -0.05) is 13.3 Å². The molecule has 3 rings (SSSR count). The van der Waals surface area contributed by atoms with Gasteiger partial charge >= 0.3 is 0 Å². The zero-order valence-electron chi connectivity index (χ0n) is 16.7. The van der Waals surface area contributed by atoms with Gasteiger partial charge in [0, 0.05) is 30.0 Å². The van der Waals surface area contributed by atoms with Gasteiger partial charge in [-0.15, -0.1) is 11.3 Å². The van der Waals surface area contributed by atoms with Crippen molar-refractivity contribution in [2.24, 2.45) is 0 Å². The molecule has 2 aromatic rings. The molecule has 0 aliphatic carbocycles. The summed E-state index contributed by atoms with van der Waals surface area (Å²) in [5.74, 6) is 0.858. The molecule has 0 atom stereocenters. The molecule has 0 saturated carbocycles. The molecule has 0 bridgehead atoms. The van der Waals surface area contributed by atoms with Gasteiger partial charge in [0.2, 0.25) is 5.91 Å². The molecular formula is C21H29N3O3S. The lowest BCUT2D eigenvalue weighted by Crippen LogP contribution is -2.37. The number of nitrogens with zero attached hydrogens (tertiary/aromatic N) is 2. The number of amides is 1. The number of benzene rings is 1. The van der Waals surface area contributed by atoms with Crippen molar-refractivity contribution < 1.29 is 14.3 Å². The largest absolute Gasteiger partial charge is 0.497 e. The molecule has 2 heterocycles. The summed E-state index contributed by atoms with van der Waals surface area (Å²) in [6, 6.07) is 7.91. The van der Waals surface area contributed by atoms with Crippen molar-refractivity contribution in [3.8, 4) is 17.0 Å². The number of rotatable bonds is 9. The van der Waals surface area contributed by atoms with Crippen LogP contribution in [0, 0.1) is 0 Å². The first kappa shape index (κ1) is 20.8. The number of morpholine rings is 1. The summed E-state index contributed by atoms with van der Waals surface area (Å²) in [5, 5.41) is 3.68. The number of hydrogen-bond acceptors (Lipinski definition) is 6. The fraction of sp³-hybridized carbons (Fsp3) is 0.524. The summed E-state index contributed by atoms with van der Waals surface area (Å²) in [6.45, 7) is 6.59. The van der Waals surface area contributed by atoms with Crippen LogP contribution < -0.4 is 10.1 Å². The third-order valence-electron chi connectivity index (χ3n) is 4.77. The highest BCUT2D eigenvalue weighted by Crippen LogP contribution is 2.33. The van der Waals surface area contributed by atoms with Crippen LogP contribution in [-0.2, 0) is 16.0 Å². The van der Waals surface area contributed by atoms with Crippen molar-refractivity contribution in [1.29, 1.82) is 0 Å². The average molecular weight is 404 g/mol. The Morgan fingerprint density at radius 2 is 2.04 bits per heavy atom. The monoisotopic (exact) mass is 403 g/mol. The van der Waals surface area contributed by atoms with Crippen molar-refractivity contribution >= 4 is 22.4 Å². The van der Waals surface area contributed by atoms with E-state index in [2.05, 4.69) is 17.1 Å². The Labute approximate surface area is 170 Å². The van der Waals surface area contributed by atoms with Gasteiger partial charge in [0.15, 0.2) is 5.13 Å². The molecule has 0 radical (unpaired) electrons. The lowest BCUT2D eigenvalue weighted by atomic mass is 10.1. The normalized spacial score (nSPS) is 14.8. The van der Waals surface area contributed by atoms with Crippen molar-refractivity contribution in [3.05, 3.63) is 29.1 Å². The van der Waals surface area contributed by atoms with E-state index in [-0.39, 0.29) is 5.91 Å². The number of thiazole rings is 1. The third kappa shape index (κ3) is 5.77. The van der Waals surface area contributed by atoms with Gasteiger partial charge in [-0.3, -0.25) is 9.69 Å². The Morgan fingerprint density at radius 1 is 1.29 bits per heavy atom. The minimum Gasteiger partial charge on any atom is -0.497 e. The molecule has 7 heteroatoms. The molecule has 1 fully saturated rings. The van der Waals surface area contributed by atoms with Crippen LogP contribution in [0.2, 0.25) is 0 Å². The second kappa shape index (κ2) is 10.5. The number of methoxy groups -OCH3 is 1. The smallest absolute Gasteiger partial charge is 0.226 e. The molecule has 152 valence electrons. The molecule has 1 saturated heterocycles. The molecule has 1 aromatic heterocycles. The summed E-state index contributed by atoms with van der Waals surface area (Å²) in [7, 11) is 1.66. The first-order valence-corrected chi connectivity index (χ1v) is 10.8. The molecule has 1 aliphatic rings. The quantitative estimate of drug-likeness (QED) is 0.690. The van der Waals surface area contributed by atoms with Crippen LogP contribution in [0.1, 0.15) is 31.1 Å². The molecule has 0 unspecified atom stereocenters. The summed E-state index contributed by atoms with van der Waals surface area (Å²) in [5.41, 5.74) is 2.01. The van der Waals surface area contributed by atoms with E-state index in [0.29, 0.717) is 11.6 Å². The molecule has 6 nitrogen and oxygen atoms in total. The molecule has 1 N–H and O–H groups in total. The van der Waals surface area contributed by atoms with Gasteiger partial charge < -0.3 is 14.8 Å². The first-order valence-electron chi connectivity index (χ1n) is 9.93. The highest BCUT2D eigenvalue weighted by Gasteiger charge is 2.15. The van der Waals surface area contributed by atoms with E-state index in [4.69, 9.17) is 14.5 Å². The summed E-state index contributed by atoms with van der Waals surface area (Å²) < 4.78 is 10.6. The predicted molar refractivity (Wildman–Crippen MR) is 113 cm³/mol. The summed E-state index contributed by atoms with van der Waals surface area (Å²) in [4.78, 5) is 20.6. The van der Waals surface area contributed by atoms with Crippen LogP contribution in [-0.4, -0.2) is 55.7 Å². The Bertz CT molecular complexity index is 755. The second-order valence-corrected chi connectivity index (χ2v) is 7.96. The van der Waals surface area contributed by atoms with E-state index in [1.165, 1.54) is 4.88 Å². The number of anilines is 1. The van der Waals surface area contributed by atoms with E-state index in [0.717, 1.165) is 69.1 Å². The van der Waals surface area contributed by atoms with Crippen LogP contribution in [0.5, 0.6) is 5.75 Å². The highest BCUT2D eigenvalue weighted by atomic mass is 32.1. The zero-order chi connectivity index (χ0) is 19.8. The molecular weight excluding hydrogens is 374 g/mol. The SMILES string of the molecule is CCCc1sc(NC(=O)CCCN2CCOCC2)nc1-c1ccc(OC)cc1. The molecule has 1 aromatic carbocycles. The Hall–Kier alpha value is -1.96. The predicted octanol–water partition coefficient (Wildman–Crippen LogP) is 3.82. The fourth-order valence-corrected chi connectivity index (χ4v) is 4.35. The lowest BCUT2D eigenvalue weighted by molar-refractivity contribution is -0.116.